The van der Waals surface area contributed by atoms with E-state index in [-0.39, 0.29) is 5.91 Å². The van der Waals surface area contributed by atoms with Crippen molar-refractivity contribution < 1.29 is 14.3 Å². The van der Waals surface area contributed by atoms with Crippen LogP contribution < -0.4 is 14.9 Å². The third kappa shape index (κ3) is 7.33. The Kier molecular flexibility index (Phi) is 9.33. The third-order valence-electron chi connectivity index (χ3n) is 4.60. The quantitative estimate of drug-likeness (QED) is 0.132. The van der Waals surface area contributed by atoms with Gasteiger partial charge in [0.1, 0.15) is 6.61 Å². The molecule has 5 nitrogen and oxygen atoms in total. The number of hydrazone groups is 1. The van der Waals surface area contributed by atoms with Crippen LogP contribution in [0, 0.1) is 3.57 Å². The molecular formula is C26H24ClIN2O3. The van der Waals surface area contributed by atoms with E-state index in [0.717, 1.165) is 16.7 Å². The van der Waals surface area contributed by atoms with Gasteiger partial charge in [-0.2, -0.15) is 5.10 Å². The molecule has 0 atom stereocenters. The number of hydrogen-bond acceptors (Lipinski definition) is 4. The van der Waals surface area contributed by atoms with E-state index in [0.29, 0.717) is 41.7 Å². The molecule has 0 aliphatic rings. The SMILES string of the molecule is C=CCc1cc(/C=N\NC(=O)c2ccc(Cl)cc2)cc(OCC)c1OCc1ccc(I)cc1. The van der Waals surface area contributed by atoms with Crippen molar-refractivity contribution in [3.63, 3.8) is 0 Å². The topological polar surface area (TPSA) is 59.9 Å². The summed E-state index contributed by atoms with van der Waals surface area (Å²) in [5.74, 6) is 0.974. The predicted octanol–water partition coefficient (Wildman–Crippen LogP) is 6.41. The van der Waals surface area contributed by atoms with Gasteiger partial charge in [-0.1, -0.05) is 29.8 Å². The second kappa shape index (κ2) is 12.4. The van der Waals surface area contributed by atoms with Crippen LogP contribution in [0.5, 0.6) is 11.5 Å². The molecule has 3 aromatic carbocycles. The van der Waals surface area contributed by atoms with Crippen molar-refractivity contribution in [1.82, 2.24) is 5.43 Å². The van der Waals surface area contributed by atoms with Crippen molar-refractivity contribution in [2.75, 3.05) is 6.61 Å². The summed E-state index contributed by atoms with van der Waals surface area (Å²) in [4.78, 5) is 12.3. The number of halogens is 2. The fraction of sp³-hybridized carbons (Fsp3) is 0.154. The molecule has 0 bridgehead atoms. The summed E-state index contributed by atoms with van der Waals surface area (Å²) in [5, 5.41) is 4.66. The first-order chi connectivity index (χ1) is 16.0. The standard InChI is InChI=1S/C26H24ClIN2O3/c1-3-5-21-14-19(16-29-30-26(31)20-8-10-22(27)11-9-20)15-24(32-4-2)25(21)33-17-18-6-12-23(28)13-7-18/h3,6-16H,1,4-5,17H2,2H3,(H,30,31)/b29-16-. The van der Waals surface area contributed by atoms with Gasteiger partial charge in [0.2, 0.25) is 0 Å². The lowest BCUT2D eigenvalue weighted by Crippen LogP contribution is -2.17. The van der Waals surface area contributed by atoms with E-state index in [1.54, 1.807) is 30.5 Å². The first kappa shape index (κ1) is 24.8. The normalized spacial score (nSPS) is 10.8. The minimum Gasteiger partial charge on any atom is -0.490 e. The lowest BCUT2D eigenvalue weighted by Gasteiger charge is -2.17. The third-order valence-corrected chi connectivity index (χ3v) is 5.57. The summed E-state index contributed by atoms with van der Waals surface area (Å²) in [7, 11) is 0. The zero-order valence-corrected chi connectivity index (χ0v) is 21.1. The van der Waals surface area contributed by atoms with Gasteiger partial charge in [0.15, 0.2) is 11.5 Å². The lowest BCUT2D eigenvalue weighted by molar-refractivity contribution is 0.0955. The molecular weight excluding hydrogens is 551 g/mol. The first-order valence-electron chi connectivity index (χ1n) is 10.4. The molecule has 0 aliphatic heterocycles. The highest BCUT2D eigenvalue weighted by atomic mass is 127. The minimum absolute atomic E-state index is 0.322. The van der Waals surface area contributed by atoms with Crippen LogP contribution in [0.1, 0.15) is 34.0 Å². The lowest BCUT2D eigenvalue weighted by atomic mass is 10.1. The van der Waals surface area contributed by atoms with Gasteiger partial charge in [0.05, 0.1) is 12.8 Å². The highest BCUT2D eigenvalue weighted by molar-refractivity contribution is 14.1. The van der Waals surface area contributed by atoms with E-state index in [1.165, 1.54) is 3.57 Å². The zero-order chi connectivity index (χ0) is 23.6. The van der Waals surface area contributed by atoms with Crippen LogP contribution in [0.2, 0.25) is 5.02 Å². The molecule has 0 aromatic heterocycles. The average Bonchev–Trinajstić information content (AvgIpc) is 2.80. The molecule has 0 aliphatic carbocycles. The second-order valence-electron chi connectivity index (χ2n) is 7.05. The Morgan fingerprint density at radius 3 is 2.52 bits per heavy atom. The molecule has 170 valence electrons. The zero-order valence-electron chi connectivity index (χ0n) is 18.2. The van der Waals surface area contributed by atoms with Crippen LogP contribution >= 0.6 is 34.2 Å². The molecule has 0 heterocycles. The number of nitrogens with zero attached hydrogens (tertiary/aromatic N) is 1. The smallest absolute Gasteiger partial charge is 0.271 e. The molecule has 3 aromatic rings. The van der Waals surface area contributed by atoms with Gasteiger partial charge in [-0.05, 0) is 95.6 Å². The fourth-order valence-electron chi connectivity index (χ4n) is 3.06. The van der Waals surface area contributed by atoms with E-state index >= 15 is 0 Å². The number of rotatable bonds is 10. The van der Waals surface area contributed by atoms with E-state index in [1.807, 2.05) is 49.4 Å². The molecule has 7 heteroatoms. The van der Waals surface area contributed by atoms with Crippen LogP contribution in [0.3, 0.4) is 0 Å². The Morgan fingerprint density at radius 1 is 1.12 bits per heavy atom. The molecule has 0 fully saturated rings. The Balaban J connectivity index is 1.79. The van der Waals surface area contributed by atoms with Crippen molar-refractivity contribution in [2.45, 2.75) is 20.0 Å². The summed E-state index contributed by atoms with van der Waals surface area (Å²) in [6, 6.07) is 18.6. The van der Waals surface area contributed by atoms with Crippen molar-refractivity contribution >= 4 is 46.3 Å². The number of hydrogen-bond donors (Lipinski definition) is 1. The molecule has 1 amide bonds. The van der Waals surface area contributed by atoms with E-state index in [2.05, 4.69) is 39.7 Å². The molecule has 3 rings (SSSR count). The van der Waals surface area contributed by atoms with E-state index in [4.69, 9.17) is 21.1 Å². The van der Waals surface area contributed by atoms with E-state index < -0.39 is 0 Å². The van der Waals surface area contributed by atoms with Crippen LogP contribution in [-0.2, 0) is 13.0 Å². The molecule has 33 heavy (non-hydrogen) atoms. The number of allylic oxidation sites excluding steroid dienone is 1. The number of ether oxygens (including phenoxy) is 2. The van der Waals surface area contributed by atoms with Crippen LogP contribution in [0.25, 0.3) is 0 Å². The Hall–Kier alpha value is -2.84. The number of carbonyl (C=O) groups excluding carboxylic acids is 1. The van der Waals surface area contributed by atoms with Crippen LogP contribution in [-0.4, -0.2) is 18.7 Å². The summed E-state index contributed by atoms with van der Waals surface area (Å²) >= 11 is 8.14. The summed E-state index contributed by atoms with van der Waals surface area (Å²) in [6.07, 6.45) is 3.98. The van der Waals surface area contributed by atoms with Crippen LogP contribution in [0.15, 0.2) is 78.4 Å². The van der Waals surface area contributed by atoms with Gasteiger partial charge >= 0.3 is 0 Å². The number of benzene rings is 3. The van der Waals surface area contributed by atoms with Crippen molar-refractivity contribution in [2.24, 2.45) is 5.10 Å². The van der Waals surface area contributed by atoms with Gasteiger partial charge < -0.3 is 9.47 Å². The fourth-order valence-corrected chi connectivity index (χ4v) is 3.54. The largest absolute Gasteiger partial charge is 0.490 e. The van der Waals surface area contributed by atoms with Crippen molar-refractivity contribution in [1.29, 1.82) is 0 Å². The average molecular weight is 575 g/mol. The second-order valence-corrected chi connectivity index (χ2v) is 8.74. The molecule has 0 unspecified atom stereocenters. The monoisotopic (exact) mass is 574 g/mol. The summed E-state index contributed by atoms with van der Waals surface area (Å²) < 4.78 is 13.2. The molecule has 0 saturated carbocycles. The van der Waals surface area contributed by atoms with Gasteiger partial charge in [-0.3, -0.25) is 4.79 Å². The number of nitrogens with one attached hydrogen (secondary N) is 1. The van der Waals surface area contributed by atoms with Gasteiger partial charge in [-0.25, -0.2) is 5.43 Å². The van der Waals surface area contributed by atoms with E-state index in [9.17, 15) is 4.79 Å². The van der Waals surface area contributed by atoms with Crippen LogP contribution in [0.4, 0.5) is 0 Å². The van der Waals surface area contributed by atoms with Crippen molar-refractivity contribution in [3.8, 4) is 11.5 Å². The Bertz CT molecular complexity index is 1130. The maximum atomic E-state index is 12.3. The Labute approximate surface area is 212 Å². The highest BCUT2D eigenvalue weighted by Gasteiger charge is 2.13. The number of amides is 1. The molecule has 0 spiro atoms. The maximum Gasteiger partial charge on any atom is 0.271 e. The van der Waals surface area contributed by atoms with Gasteiger partial charge in [0.25, 0.3) is 5.91 Å². The molecule has 1 N–H and O–H groups in total. The highest BCUT2D eigenvalue weighted by Crippen LogP contribution is 2.34. The van der Waals surface area contributed by atoms with Gasteiger partial charge in [0, 0.05) is 19.7 Å². The summed E-state index contributed by atoms with van der Waals surface area (Å²) in [6.45, 7) is 6.69. The first-order valence-corrected chi connectivity index (χ1v) is 11.8. The molecule has 0 saturated heterocycles. The number of carbonyl (C=O) groups is 1. The summed E-state index contributed by atoms with van der Waals surface area (Å²) in [5.41, 5.74) is 5.76. The predicted molar refractivity (Wildman–Crippen MR) is 142 cm³/mol. The maximum absolute atomic E-state index is 12.3. The minimum atomic E-state index is -0.322. The van der Waals surface area contributed by atoms with Gasteiger partial charge in [-0.15, -0.1) is 6.58 Å². The Morgan fingerprint density at radius 2 is 1.85 bits per heavy atom. The van der Waals surface area contributed by atoms with Crippen molar-refractivity contribution in [3.05, 3.63) is 104 Å². The molecule has 0 radical (unpaired) electrons.